The normalized spacial score (nSPS) is 12.6. The maximum absolute atomic E-state index is 12.3. The first-order valence-electron chi connectivity index (χ1n) is 7.54. The lowest BCUT2D eigenvalue weighted by molar-refractivity contribution is -0.117. The molecule has 0 aliphatic rings. The van der Waals surface area contributed by atoms with Crippen LogP contribution in [0.3, 0.4) is 0 Å². The van der Waals surface area contributed by atoms with Crippen LogP contribution in [0.1, 0.15) is 4.88 Å². The number of aromatic nitrogens is 1. The summed E-state index contributed by atoms with van der Waals surface area (Å²) in [6, 6.07) is 8.45. The molecular formula is C17H15ClN2O3S3. The standard InChI is InChI=1S/C17H15ClN2O3S3/c1-3-8-20-13-6-5-12(26(2,22)23)10-14(13)25-17(20)19-16(21)9-11-4-7-15(18)24-11/h3-7,10H,1,8-9H2,2H3. The topological polar surface area (TPSA) is 68.5 Å². The number of nitrogens with zero attached hydrogens (tertiary/aromatic N) is 2. The van der Waals surface area contributed by atoms with Gasteiger partial charge in [-0.3, -0.25) is 4.79 Å². The van der Waals surface area contributed by atoms with E-state index in [0.29, 0.717) is 15.7 Å². The van der Waals surface area contributed by atoms with Gasteiger partial charge in [-0.15, -0.1) is 17.9 Å². The SMILES string of the molecule is C=CCn1c(=NC(=O)Cc2ccc(Cl)s2)sc2cc(S(C)(=O)=O)ccc21. The average molecular weight is 427 g/mol. The molecule has 0 saturated heterocycles. The lowest BCUT2D eigenvalue weighted by Gasteiger charge is -2.02. The molecule has 0 aliphatic heterocycles. The summed E-state index contributed by atoms with van der Waals surface area (Å²) in [4.78, 5) is 18.1. The summed E-state index contributed by atoms with van der Waals surface area (Å²) < 4.78 is 26.8. The van der Waals surface area contributed by atoms with Crippen molar-refractivity contribution in [3.05, 3.63) is 57.0 Å². The molecule has 2 aromatic heterocycles. The fourth-order valence-electron chi connectivity index (χ4n) is 2.42. The molecule has 9 heteroatoms. The van der Waals surface area contributed by atoms with Gasteiger partial charge in [-0.2, -0.15) is 4.99 Å². The number of benzene rings is 1. The van der Waals surface area contributed by atoms with Crippen LogP contribution in [0.4, 0.5) is 0 Å². The molecule has 0 radical (unpaired) electrons. The molecule has 0 spiro atoms. The monoisotopic (exact) mass is 426 g/mol. The first-order chi connectivity index (χ1) is 12.3. The molecule has 0 unspecified atom stereocenters. The van der Waals surface area contributed by atoms with E-state index >= 15 is 0 Å². The average Bonchev–Trinajstić information content (AvgIpc) is 3.10. The van der Waals surface area contributed by atoms with Gasteiger partial charge in [0.15, 0.2) is 14.6 Å². The Morgan fingerprint density at radius 1 is 1.31 bits per heavy atom. The van der Waals surface area contributed by atoms with E-state index < -0.39 is 9.84 Å². The highest BCUT2D eigenvalue weighted by Gasteiger charge is 2.13. The molecule has 0 fully saturated rings. The van der Waals surface area contributed by atoms with Gasteiger partial charge in [0, 0.05) is 17.7 Å². The molecular weight excluding hydrogens is 412 g/mol. The molecule has 0 atom stereocenters. The fourth-order valence-corrected chi connectivity index (χ4v) is 5.31. The molecule has 26 heavy (non-hydrogen) atoms. The molecule has 2 heterocycles. The molecule has 3 rings (SSSR count). The van der Waals surface area contributed by atoms with Crippen LogP contribution in [-0.4, -0.2) is 25.1 Å². The lowest BCUT2D eigenvalue weighted by Crippen LogP contribution is -2.16. The molecule has 0 bridgehead atoms. The van der Waals surface area contributed by atoms with Gasteiger partial charge >= 0.3 is 0 Å². The van der Waals surface area contributed by atoms with Gasteiger partial charge in [-0.05, 0) is 30.3 Å². The molecule has 136 valence electrons. The third-order valence-corrected chi connectivity index (χ3v) is 6.95. The maximum atomic E-state index is 12.3. The highest BCUT2D eigenvalue weighted by Crippen LogP contribution is 2.23. The highest BCUT2D eigenvalue weighted by molar-refractivity contribution is 7.90. The van der Waals surface area contributed by atoms with Crippen molar-refractivity contribution >= 4 is 60.2 Å². The number of hydrogen-bond acceptors (Lipinski definition) is 5. The van der Waals surface area contributed by atoms with Gasteiger partial charge in [0.2, 0.25) is 0 Å². The number of fused-ring (bicyclic) bond motifs is 1. The number of allylic oxidation sites excluding steroid dienone is 1. The third kappa shape index (κ3) is 4.15. The minimum absolute atomic E-state index is 0.175. The van der Waals surface area contributed by atoms with Crippen LogP contribution in [0.15, 0.2) is 52.9 Å². The first-order valence-corrected chi connectivity index (χ1v) is 11.4. The molecule has 5 nitrogen and oxygen atoms in total. The summed E-state index contributed by atoms with van der Waals surface area (Å²) in [6.07, 6.45) is 3.05. The summed E-state index contributed by atoms with van der Waals surface area (Å²) in [5.41, 5.74) is 0.813. The number of thiophene rings is 1. The zero-order chi connectivity index (χ0) is 18.9. The fraction of sp³-hybridized carbons (Fsp3) is 0.176. The highest BCUT2D eigenvalue weighted by atomic mass is 35.5. The van der Waals surface area contributed by atoms with Crippen molar-refractivity contribution in [2.24, 2.45) is 4.99 Å². The quantitative estimate of drug-likeness (QED) is 0.584. The van der Waals surface area contributed by atoms with Crippen LogP contribution in [0.2, 0.25) is 4.34 Å². The Morgan fingerprint density at radius 2 is 2.08 bits per heavy atom. The summed E-state index contributed by atoms with van der Waals surface area (Å²) in [7, 11) is -3.30. The first kappa shape index (κ1) is 19.0. The van der Waals surface area contributed by atoms with E-state index in [1.165, 1.54) is 28.9 Å². The van der Waals surface area contributed by atoms with Crippen LogP contribution in [-0.2, 0) is 27.6 Å². The van der Waals surface area contributed by atoms with Crippen molar-refractivity contribution in [2.75, 3.05) is 6.26 Å². The van der Waals surface area contributed by atoms with E-state index in [9.17, 15) is 13.2 Å². The van der Waals surface area contributed by atoms with Crippen molar-refractivity contribution in [2.45, 2.75) is 17.9 Å². The van der Waals surface area contributed by atoms with E-state index in [4.69, 9.17) is 11.6 Å². The minimum Gasteiger partial charge on any atom is -0.313 e. The van der Waals surface area contributed by atoms with Gasteiger partial charge in [0.1, 0.15) is 0 Å². The van der Waals surface area contributed by atoms with Crippen molar-refractivity contribution in [3.8, 4) is 0 Å². The smallest absolute Gasteiger partial charge is 0.253 e. The number of sulfone groups is 1. The zero-order valence-corrected chi connectivity index (χ0v) is 17.0. The largest absolute Gasteiger partial charge is 0.313 e. The van der Waals surface area contributed by atoms with Gasteiger partial charge in [-0.1, -0.05) is 29.0 Å². The van der Waals surface area contributed by atoms with Crippen LogP contribution >= 0.6 is 34.3 Å². The second kappa shape index (κ2) is 7.48. The Morgan fingerprint density at radius 3 is 2.69 bits per heavy atom. The second-order valence-corrected chi connectivity index (χ2v) is 10.4. The van der Waals surface area contributed by atoms with Gasteiger partial charge < -0.3 is 4.57 Å². The number of amides is 1. The summed E-state index contributed by atoms with van der Waals surface area (Å²) >= 11 is 8.52. The minimum atomic E-state index is -3.30. The summed E-state index contributed by atoms with van der Waals surface area (Å²) in [5.74, 6) is -0.281. The van der Waals surface area contributed by atoms with Crippen LogP contribution in [0.25, 0.3) is 10.2 Å². The number of thiazole rings is 1. The van der Waals surface area contributed by atoms with E-state index in [1.54, 1.807) is 30.3 Å². The maximum Gasteiger partial charge on any atom is 0.253 e. The van der Waals surface area contributed by atoms with Gasteiger partial charge in [-0.25, -0.2) is 8.42 Å². The molecule has 0 aliphatic carbocycles. The predicted molar refractivity (Wildman–Crippen MR) is 107 cm³/mol. The van der Waals surface area contributed by atoms with E-state index in [1.807, 2.05) is 10.6 Å². The third-order valence-electron chi connectivity index (χ3n) is 3.57. The zero-order valence-electron chi connectivity index (χ0n) is 13.8. The van der Waals surface area contributed by atoms with E-state index in [2.05, 4.69) is 11.6 Å². The van der Waals surface area contributed by atoms with Crippen LogP contribution < -0.4 is 4.80 Å². The van der Waals surface area contributed by atoms with Gasteiger partial charge in [0.25, 0.3) is 5.91 Å². The number of carbonyl (C=O) groups is 1. The molecule has 1 aromatic carbocycles. The Hall–Kier alpha value is -1.74. The van der Waals surface area contributed by atoms with Crippen molar-refractivity contribution in [3.63, 3.8) is 0 Å². The Bertz CT molecular complexity index is 1170. The summed E-state index contributed by atoms with van der Waals surface area (Å²) in [5, 5.41) is 0. The van der Waals surface area contributed by atoms with Crippen LogP contribution in [0.5, 0.6) is 0 Å². The summed E-state index contributed by atoms with van der Waals surface area (Å²) in [6.45, 7) is 4.21. The number of halogens is 1. The number of carbonyl (C=O) groups excluding carboxylic acids is 1. The Kier molecular flexibility index (Phi) is 5.47. The molecule has 0 N–H and O–H groups in total. The van der Waals surface area contributed by atoms with Crippen LogP contribution in [0, 0.1) is 0 Å². The lowest BCUT2D eigenvalue weighted by atomic mass is 10.3. The van der Waals surface area contributed by atoms with E-state index in [-0.39, 0.29) is 17.2 Å². The molecule has 1 amide bonds. The Labute approximate surface area is 163 Å². The molecule has 3 aromatic rings. The van der Waals surface area contributed by atoms with E-state index in [0.717, 1.165) is 15.1 Å². The number of rotatable bonds is 5. The van der Waals surface area contributed by atoms with Crippen molar-refractivity contribution in [1.29, 1.82) is 0 Å². The number of hydrogen-bond donors (Lipinski definition) is 0. The predicted octanol–water partition coefficient (Wildman–Crippen LogP) is 3.68. The molecule has 0 saturated carbocycles. The second-order valence-electron chi connectivity index (χ2n) is 5.57. The van der Waals surface area contributed by atoms with Gasteiger partial charge in [0.05, 0.1) is 25.9 Å². The van der Waals surface area contributed by atoms with Crippen molar-refractivity contribution in [1.82, 2.24) is 4.57 Å². The van der Waals surface area contributed by atoms with Crippen molar-refractivity contribution < 1.29 is 13.2 Å². The Balaban J connectivity index is 2.07.